The predicted molar refractivity (Wildman–Crippen MR) is 189 cm³/mol. The molecule has 9 aromatic rings. The second-order valence-corrected chi connectivity index (χ2v) is 11.5. The standard InChI is InChI=1S/C42H26N4/c1-2-9-27(10-3-1)31-13-7-14-32(25-31)40-44-41(36-17-5-4-16-34(36)33-15-8-24-43-26-33)46-42(45-40)37-23-21-30-19-18-28-11-6-12-29-20-22-35(37)39(30)38(28)29/h1-26H. The van der Waals surface area contributed by atoms with Crippen molar-refractivity contribution in [2.24, 2.45) is 0 Å². The molecule has 214 valence electrons. The third-order valence-electron chi connectivity index (χ3n) is 8.77. The molecule has 0 aliphatic rings. The fourth-order valence-corrected chi connectivity index (χ4v) is 6.60. The highest BCUT2D eigenvalue weighted by molar-refractivity contribution is 6.25. The van der Waals surface area contributed by atoms with Crippen molar-refractivity contribution in [3.8, 4) is 56.4 Å². The van der Waals surface area contributed by atoms with Crippen LogP contribution < -0.4 is 0 Å². The Labute approximate surface area is 266 Å². The summed E-state index contributed by atoms with van der Waals surface area (Å²) < 4.78 is 0. The van der Waals surface area contributed by atoms with Crippen LogP contribution in [0.1, 0.15) is 0 Å². The van der Waals surface area contributed by atoms with Gasteiger partial charge in [-0.2, -0.15) is 0 Å². The normalized spacial score (nSPS) is 11.5. The summed E-state index contributed by atoms with van der Waals surface area (Å²) in [5.41, 5.74) is 7.13. The van der Waals surface area contributed by atoms with Gasteiger partial charge in [-0.1, -0.05) is 127 Å². The molecule has 4 heteroatoms. The van der Waals surface area contributed by atoms with Crippen LogP contribution in [0.4, 0.5) is 0 Å². The summed E-state index contributed by atoms with van der Waals surface area (Å²) in [6.45, 7) is 0. The maximum Gasteiger partial charge on any atom is 0.164 e. The van der Waals surface area contributed by atoms with E-state index in [0.29, 0.717) is 17.5 Å². The zero-order valence-corrected chi connectivity index (χ0v) is 24.8. The first-order valence-corrected chi connectivity index (χ1v) is 15.4. The second-order valence-electron chi connectivity index (χ2n) is 11.5. The third kappa shape index (κ3) is 4.39. The van der Waals surface area contributed by atoms with Crippen molar-refractivity contribution in [2.45, 2.75) is 0 Å². The Morgan fingerprint density at radius 3 is 1.76 bits per heavy atom. The van der Waals surface area contributed by atoms with E-state index in [0.717, 1.165) is 44.3 Å². The molecule has 0 bridgehead atoms. The highest BCUT2D eigenvalue weighted by Gasteiger charge is 2.19. The summed E-state index contributed by atoms with van der Waals surface area (Å²) in [6.07, 6.45) is 3.67. The number of aromatic nitrogens is 4. The topological polar surface area (TPSA) is 51.6 Å². The molecule has 0 atom stereocenters. The van der Waals surface area contributed by atoms with Gasteiger partial charge in [0.15, 0.2) is 17.5 Å². The zero-order valence-electron chi connectivity index (χ0n) is 24.8. The average molecular weight is 587 g/mol. The van der Waals surface area contributed by atoms with Crippen molar-refractivity contribution in [1.29, 1.82) is 0 Å². The summed E-state index contributed by atoms with van der Waals surface area (Å²) in [5, 5.41) is 7.30. The highest BCUT2D eigenvalue weighted by atomic mass is 15.0. The van der Waals surface area contributed by atoms with Crippen molar-refractivity contribution in [2.75, 3.05) is 0 Å². The van der Waals surface area contributed by atoms with Crippen LogP contribution in [0.25, 0.3) is 88.7 Å². The van der Waals surface area contributed by atoms with E-state index in [2.05, 4.69) is 126 Å². The lowest BCUT2D eigenvalue weighted by molar-refractivity contribution is 1.08. The van der Waals surface area contributed by atoms with Gasteiger partial charge >= 0.3 is 0 Å². The minimum atomic E-state index is 0.621. The smallest absolute Gasteiger partial charge is 0.164 e. The Morgan fingerprint density at radius 1 is 0.348 bits per heavy atom. The molecule has 46 heavy (non-hydrogen) atoms. The molecule has 0 aliphatic heterocycles. The molecular weight excluding hydrogens is 560 g/mol. The molecule has 7 aromatic carbocycles. The largest absolute Gasteiger partial charge is 0.264 e. The zero-order chi connectivity index (χ0) is 30.5. The van der Waals surface area contributed by atoms with Gasteiger partial charge in [0.1, 0.15) is 0 Å². The van der Waals surface area contributed by atoms with Crippen molar-refractivity contribution in [3.05, 3.63) is 158 Å². The van der Waals surface area contributed by atoms with E-state index in [1.165, 1.54) is 26.9 Å². The lowest BCUT2D eigenvalue weighted by Gasteiger charge is -2.15. The van der Waals surface area contributed by atoms with Crippen molar-refractivity contribution < 1.29 is 0 Å². The lowest BCUT2D eigenvalue weighted by Crippen LogP contribution is -2.02. The van der Waals surface area contributed by atoms with Gasteiger partial charge in [0.2, 0.25) is 0 Å². The van der Waals surface area contributed by atoms with E-state index in [4.69, 9.17) is 15.0 Å². The summed E-state index contributed by atoms with van der Waals surface area (Å²) in [6, 6.07) is 50.8. The van der Waals surface area contributed by atoms with Crippen molar-refractivity contribution in [1.82, 2.24) is 19.9 Å². The fraction of sp³-hybridized carbons (Fsp3) is 0. The molecule has 0 aliphatic carbocycles. The number of hydrogen-bond donors (Lipinski definition) is 0. The summed E-state index contributed by atoms with van der Waals surface area (Å²) in [4.78, 5) is 19.9. The van der Waals surface area contributed by atoms with Crippen LogP contribution in [0.2, 0.25) is 0 Å². The van der Waals surface area contributed by atoms with Crippen LogP contribution in [-0.4, -0.2) is 19.9 Å². The molecule has 0 saturated carbocycles. The quantitative estimate of drug-likeness (QED) is 0.188. The number of hydrogen-bond acceptors (Lipinski definition) is 4. The molecule has 9 rings (SSSR count). The van der Waals surface area contributed by atoms with Gasteiger partial charge in [-0.25, -0.2) is 15.0 Å². The minimum Gasteiger partial charge on any atom is -0.264 e. The second kappa shape index (κ2) is 10.7. The van der Waals surface area contributed by atoms with Gasteiger partial charge in [-0.3, -0.25) is 4.98 Å². The van der Waals surface area contributed by atoms with E-state index in [1.807, 2.05) is 30.5 Å². The number of benzene rings is 7. The van der Waals surface area contributed by atoms with Crippen LogP contribution in [0.3, 0.4) is 0 Å². The number of pyridine rings is 1. The predicted octanol–water partition coefficient (Wildman–Crippen LogP) is 10.5. The Balaban J connectivity index is 1.31. The SMILES string of the molecule is c1ccc(-c2cccc(-c3nc(-c4ccccc4-c4cccnc4)nc(-c4ccc5ccc6cccc7ccc4c5c67)n3)c2)cc1. The molecule has 0 fully saturated rings. The van der Waals surface area contributed by atoms with Crippen LogP contribution >= 0.6 is 0 Å². The maximum absolute atomic E-state index is 5.21. The number of rotatable bonds is 5. The van der Waals surface area contributed by atoms with Gasteiger partial charge in [0, 0.05) is 34.6 Å². The van der Waals surface area contributed by atoms with E-state index in [1.54, 1.807) is 6.20 Å². The van der Waals surface area contributed by atoms with Gasteiger partial charge in [0.05, 0.1) is 0 Å². The molecule has 0 radical (unpaired) electrons. The molecule has 0 N–H and O–H groups in total. The maximum atomic E-state index is 5.21. The van der Waals surface area contributed by atoms with E-state index < -0.39 is 0 Å². The van der Waals surface area contributed by atoms with Gasteiger partial charge in [0.25, 0.3) is 0 Å². The van der Waals surface area contributed by atoms with Gasteiger partial charge in [-0.15, -0.1) is 0 Å². The summed E-state index contributed by atoms with van der Waals surface area (Å²) in [5.74, 6) is 1.89. The minimum absolute atomic E-state index is 0.621. The van der Waals surface area contributed by atoms with E-state index >= 15 is 0 Å². The summed E-state index contributed by atoms with van der Waals surface area (Å²) in [7, 11) is 0. The first-order valence-electron chi connectivity index (χ1n) is 15.4. The third-order valence-corrected chi connectivity index (χ3v) is 8.77. The molecule has 4 nitrogen and oxygen atoms in total. The van der Waals surface area contributed by atoms with Crippen LogP contribution in [0, 0.1) is 0 Å². The van der Waals surface area contributed by atoms with Crippen molar-refractivity contribution >= 4 is 32.3 Å². The highest BCUT2D eigenvalue weighted by Crippen LogP contribution is 2.40. The molecule has 0 saturated heterocycles. The Hall–Kier alpha value is -6.26. The molecule has 0 spiro atoms. The van der Waals surface area contributed by atoms with Gasteiger partial charge < -0.3 is 0 Å². The average Bonchev–Trinajstić information content (AvgIpc) is 3.14. The van der Waals surface area contributed by atoms with Crippen LogP contribution in [-0.2, 0) is 0 Å². The molecule has 0 unspecified atom stereocenters. The van der Waals surface area contributed by atoms with E-state index in [-0.39, 0.29) is 0 Å². The summed E-state index contributed by atoms with van der Waals surface area (Å²) >= 11 is 0. The monoisotopic (exact) mass is 586 g/mol. The Bertz CT molecular complexity index is 2510. The molecule has 0 amide bonds. The first kappa shape index (κ1) is 26.2. The lowest BCUT2D eigenvalue weighted by atomic mass is 9.92. The van der Waals surface area contributed by atoms with E-state index in [9.17, 15) is 0 Å². The fourth-order valence-electron chi connectivity index (χ4n) is 6.60. The van der Waals surface area contributed by atoms with Crippen LogP contribution in [0.5, 0.6) is 0 Å². The molecule has 2 aromatic heterocycles. The van der Waals surface area contributed by atoms with Crippen LogP contribution in [0.15, 0.2) is 158 Å². The Morgan fingerprint density at radius 2 is 0.957 bits per heavy atom. The molecular formula is C42H26N4. The van der Waals surface area contributed by atoms with Gasteiger partial charge in [-0.05, 0) is 67.2 Å². The van der Waals surface area contributed by atoms with Crippen molar-refractivity contribution in [3.63, 3.8) is 0 Å². The number of nitrogens with zero attached hydrogens (tertiary/aromatic N) is 4. The Kier molecular flexibility index (Phi) is 6.10. The molecule has 2 heterocycles. The first-order chi connectivity index (χ1) is 22.8.